The standard InChI is InChI=1S/C11H17BN5O12P3S/c1-33-11-15-8(13)5-9(16-11)17(3-14-5)10-7(19)6(18)4(27-10)2-26-30(12,20)28-32(24,25)29-31(21,22)23/h3-4,6-7,10,18-19H,2H2,1H3,(H,24,25)(H2,13,15,16)(H2,21,22,23)/q-1/p-3. The summed E-state index contributed by atoms with van der Waals surface area (Å²) in [5, 5.41) is 20.9. The molecule has 3 rings (SSSR count). The lowest BCUT2D eigenvalue weighted by Crippen LogP contribution is -2.33. The molecule has 0 aromatic carbocycles. The van der Waals surface area contributed by atoms with Crippen LogP contribution >= 0.6 is 34.9 Å². The highest BCUT2D eigenvalue weighted by atomic mass is 32.2. The number of rotatable bonds is 9. The van der Waals surface area contributed by atoms with Crippen molar-refractivity contribution in [3.05, 3.63) is 6.33 Å². The molecule has 17 nitrogen and oxygen atoms in total. The van der Waals surface area contributed by atoms with Gasteiger partial charge in [0.25, 0.3) is 7.82 Å². The van der Waals surface area contributed by atoms with Crippen LogP contribution in [0.3, 0.4) is 0 Å². The molecule has 0 saturated carbocycles. The van der Waals surface area contributed by atoms with Gasteiger partial charge >= 0.3 is 0 Å². The molecule has 0 aliphatic carbocycles. The first-order valence-electron chi connectivity index (χ1n) is 8.47. The average Bonchev–Trinajstić information content (AvgIpc) is 3.19. The number of imidazole rings is 1. The molecule has 1 saturated heterocycles. The lowest BCUT2D eigenvalue weighted by Gasteiger charge is -2.39. The molecule has 183 valence electrons. The number of nitrogens with two attached hydrogens (primary N) is 1. The van der Waals surface area contributed by atoms with Crippen molar-refractivity contribution in [2.24, 2.45) is 0 Å². The zero-order valence-corrected chi connectivity index (χ0v) is 19.8. The predicted molar refractivity (Wildman–Crippen MR) is 104 cm³/mol. The van der Waals surface area contributed by atoms with Crippen LogP contribution in [0.25, 0.3) is 11.2 Å². The SMILES string of the molecule is [B-]P(=O)(OCC1OC(n2cnc3c(N)nc(SC)nc32)C(O)C1O)OP(=O)([O-])OP(=O)([O-])[O-]. The van der Waals surface area contributed by atoms with Gasteiger partial charge in [0.15, 0.2) is 22.8 Å². The fraction of sp³-hybridized carbons (Fsp3) is 0.545. The van der Waals surface area contributed by atoms with Crippen LogP contribution in [0.4, 0.5) is 5.82 Å². The zero-order valence-electron chi connectivity index (χ0n) is 16.3. The summed E-state index contributed by atoms with van der Waals surface area (Å²) in [7, 11) is -12.0. The van der Waals surface area contributed by atoms with Crippen LogP contribution in [0.1, 0.15) is 6.23 Å². The third-order valence-corrected chi connectivity index (χ3v) is 8.42. The van der Waals surface area contributed by atoms with Crippen molar-refractivity contribution in [2.75, 3.05) is 18.6 Å². The second-order valence-corrected chi connectivity index (χ2v) is 11.6. The van der Waals surface area contributed by atoms with Gasteiger partial charge in [-0.3, -0.25) is 17.8 Å². The third kappa shape index (κ3) is 6.41. The van der Waals surface area contributed by atoms with Gasteiger partial charge in [0.1, 0.15) is 23.8 Å². The zero-order chi connectivity index (χ0) is 24.8. The summed E-state index contributed by atoms with van der Waals surface area (Å²) in [6.45, 7) is -0.894. The van der Waals surface area contributed by atoms with E-state index in [2.05, 4.69) is 28.1 Å². The van der Waals surface area contributed by atoms with E-state index in [-0.39, 0.29) is 17.0 Å². The second-order valence-electron chi connectivity index (χ2n) is 6.36. The number of anilines is 1. The molecule has 3 heterocycles. The minimum Gasteiger partial charge on any atom is -0.790 e. The minimum absolute atomic E-state index is 0.0576. The van der Waals surface area contributed by atoms with E-state index in [1.807, 2.05) is 0 Å². The van der Waals surface area contributed by atoms with E-state index in [1.54, 1.807) is 6.26 Å². The molecular weight excluding hydrogens is 530 g/mol. The van der Waals surface area contributed by atoms with E-state index in [9.17, 15) is 38.6 Å². The van der Waals surface area contributed by atoms with Crippen LogP contribution in [-0.4, -0.2) is 68.5 Å². The van der Waals surface area contributed by atoms with E-state index in [0.717, 1.165) is 0 Å². The van der Waals surface area contributed by atoms with Crippen molar-refractivity contribution in [3.8, 4) is 0 Å². The number of aromatic nitrogens is 4. The summed E-state index contributed by atoms with van der Waals surface area (Å²) in [5.74, 6) is 0.0576. The van der Waals surface area contributed by atoms with Crippen LogP contribution in [-0.2, 0) is 31.6 Å². The van der Waals surface area contributed by atoms with Gasteiger partial charge in [0.2, 0.25) is 0 Å². The average molecular weight is 544 g/mol. The molecule has 0 spiro atoms. The summed E-state index contributed by atoms with van der Waals surface area (Å²) in [5.41, 5.74) is 6.19. The number of aliphatic hydroxyl groups is 2. The number of fused-ring (bicyclic) bond motifs is 1. The van der Waals surface area contributed by atoms with Crippen molar-refractivity contribution in [1.82, 2.24) is 19.5 Å². The predicted octanol–water partition coefficient (Wildman–Crippen LogP) is -2.63. The van der Waals surface area contributed by atoms with Gasteiger partial charge in [-0.1, -0.05) is 11.8 Å². The maximum absolute atomic E-state index is 12.0. The van der Waals surface area contributed by atoms with Crippen LogP contribution < -0.4 is 20.4 Å². The molecule has 1 aliphatic rings. The Hall–Kier alpha value is -0.905. The summed E-state index contributed by atoms with van der Waals surface area (Å²) >= 11 is 1.18. The second kappa shape index (κ2) is 9.62. The van der Waals surface area contributed by atoms with Gasteiger partial charge in [-0.2, -0.15) is 0 Å². The van der Waals surface area contributed by atoms with Crippen LogP contribution in [0.15, 0.2) is 11.5 Å². The molecule has 22 heteroatoms. The quantitative estimate of drug-likeness (QED) is 0.126. The van der Waals surface area contributed by atoms with E-state index in [0.29, 0.717) is 5.16 Å². The first-order chi connectivity index (χ1) is 15.1. The van der Waals surface area contributed by atoms with Crippen molar-refractivity contribution in [1.29, 1.82) is 0 Å². The normalized spacial score (nSPS) is 27.5. The van der Waals surface area contributed by atoms with E-state index >= 15 is 0 Å². The largest absolute Gasteiger partial charge is 0.790 e. The van der Waals surface area contributed by atoms with Gasteiger partial charge in [-0.05, 0) is 6.26 Å². The summed E-state index contributed by atoms with van der Waals surface area (Å²) in [4.78, 5) is 44.4. The van der Waals surface area contributed by atoms with Crippen molar-refractivity contribution in [2.45, 2.75) is 29.7 Å². The third-order valence-electron chi connectivity index (χ3n) is 4.05. The van der Waals surface area contributed by atoms with Gasteiger partial charge in [-0.15, -0.1) is 0 Å². The molecule has 0 amide bonds. The highest BCUT2D eigenvalue weighted by Crippen LogP contribution is 2.62. The maximum atomic E-state index is 12.0. The van der Waals surface area contributed by atoms with Gasteiger partial charge in [0, 0.05) is 0 Å². The molecule has 6 unspecified atom stereocenters. The molecule has 33 heavy (non-hydrogen) atoms. The number of ether oxygens (including phenoxy) is 1. The van der Waals surface area contributed by atoms with Gasteiger partial charge in [0.05, 0.1) is 28.2 Å². The smallest absolute Gasteiger partial charge is 0.276 e. The van der Waals surface area contributed by atoms with Crippen molar-refractivity contribution in [3.63, 3.8) is 0 Å². The maximum Gasteiger partial charge on any atom is 0.276 e. The number of hydrogen-bond donors (Lipinski definition) is 3. The summed E-state index contributed by atoms with van der Waals surface area (Å²) in [6, 6.07) is 0. The number of phosphoric acid groups is 2. The molecule has 6 atom stereocenters. The van der Waals surface area contributed by atoms with Gasteiger partial charge < -0.3 is 56.6 Å². The summed E-state index contributed by atoms with van der Waals surface area (Å²) in [6.07, 6.45) is -3.06. The Labute approximate surface area is 190 Å². The molecule has 4 N–H and O–H groups in total. The van der Waals surface area contributed by atoms with Crippen molar-refractivity contribution < 1.29 is 56.5 Å². The first kappa shape index (κ1) is 26.7. The highest BCUT2D eigenvalue weighted by Gasteiger charge is 2.44. The lowest BCUT2D eigenvalue weighted by atomic mass is 10.1. The van der Waals surface area contributed by atoms with E-state index < -0.39 is 54.3 Å². The fourth-order valence-electron chi connectivity index (χ4n) is 2.77. The number of nitrogens with zero attached hydrogens (tertiary/aromatic N) is 4. The van der Waals surface area contributed by atoms with E-state index in [4.69, 9.17) is 18.0 Å². The number of aliphatic hydroxyl groups excluding tert-OH is 2. The highest BCUT2D eigenvalue weighted by molar-refractivity contribution is 7.98. The topological polar surface area (TPSA) is 267 Å². The summed E-state index contributed by atoms with van der Waals surface area (Å²) < 4.78 is 52.0. The molecule has 1 aliphatic heterocycles. The number of nitrogen functional groups attached to an aromatic ring is 1. The Bertz CT molecular complexity index is 1180. The number of thioether (sulfide) groups is 1. The Morgan fingerprint density at radius 1 is 1.24 bits per heavy atom. The lowest BCUT2D eigenvalue weighted by molar-refractivity contribution is -0.339. The van der Waals surface area contributed by atoms with Crippen molar-refractivity contribution >= 4 is 59.4 Å². The Morgan fingerprint density at radius 3 is 2.52 bits per heavy atom. The van der Waals surface area contributed by atoms with E-state index in [1.165, 1.54) is 22.7 Å². The molecule has 3 radical (unpaired) electrons. The van der Waals surface area contributed by atoms with Gasteiger partial charge in [-0.25, -0.2) is 15.0 Å². The minimum atomic E-state index is -6.06. The van der Waals surface area contributed by atoms with Crippen LogP contribution in [0.2, 0.25) is 0 Å². The monoisotopic (exact) mass is 544 g/mol. The molecule has 2 aromatic heterocycles. The number of hydrogen-bond acceptors (Lipinski definition) is 17. The Balaban J connectivity index is 1.73. The molecule has 2 aromatic rings. The first-order valence-corrected chi connectivity index (χ1v) is 14.2. The molecule has 1 fully saturated rings. The fourth-order valence-corrected chi connectivity index (χ4v) is 6.16. The molecule has 0 bridgehead atoms. The Kier molecular flexibility index (Phi) is 7.79. The Morgan fingerprint density at radius 2 is 1.91 bits per heavy atom. The van der Waals surface area contributed by atoms with Crippen LogP contribution in [0.5, 0.6) is 0 Å². The van der Waals surface area contributed by atoms with Crippen LogP contribution in [0, 0.1) is 0 Å². The molecular formula is C11H14BN5O12P3S-4.